The van der Waals surface area contributed by atoms with Crippen LogP contribution in [0.4, 0.5) is 0 Å². The molecule has 10 heavy (non-hydrogen) atoms. The summed E-state index contributed by atoms with van der Waals surface area (Å²) in [7, 11) is 0. The number of hydrogen-bond acceptors (Lipinski definition) is 1. The van der Waals surface area contributed by atoms with Gasteiger partial charge in [-0.1, -0.05) is 10.8 Å². The van der Waals surface area contributed by atoms with Crippen LogP contribution in [-0.4, -0.2) is 5.10 Å². The molecule has 1 aromatic heterocycles. The molecule has 0 unspecified atom stereocenters. The summed E-state index contributed by atoms with van der Waals surface area (Å²) in [5, 5.41) is 4.09. The molecule has 0 aliphatic rings. The maximum atomic E-state index is 4.09. The Morgan fingerprint density at radius 3 is 3.00 bits per heavy atom. The molecule has 0 aromatic carbocycles. The van der Waals surface area contributed by atoms with Gasteiger partial charge in [0.1, 0.15) is 0 Å². The van der Waals surface area contributed by atoms with Crippen LogP contribution in [0.2, 0.25) is 0 Å². The lowest BCUT2D eigenvalue weighted by Crippen LogP contribution is -2.36. The lowest BCUT2D eigenvalue weighted by Gasteiger charge is -1.86. The highest BCUT2D eigenvalue weighted by Gasteiger charge is 1.94. The van der Waals surface area contributed by atoms with Crippen molar-refractivity contribution < 1.29 is 4.68 Å². The quantitative estimate of drug-likeness (QED) is 0.445. The van der Waals surface area contributed by atoms with Gasteiger partial charge in [-0.2, -0.15) is 0 Å². The van der Waals surface area contributed by atoms with Crippen LogP contribution in [0.1, 0.15) is 6.42 Å². The van der Waals surface area contributed by atoms with Crippen molar-refractivity contribution in [2.24, 2.45) is 0 Å². The van der Waals surface area contributed by atoms with E-state index in [9.17, 15) is 0 Å². The van der Waals surface area contributed by atoms with E-state index >= 15 is 0 Å². The Labute approximate surface area is 60.8 Å². The number of aromatic nitrogens is 2. The zero-order valence-electron chi connectivity index (χ0n) is 5.90. The average Bonchev–Trinajstić information content (AvgIpc) is 2.03. The van der Waals surface area contributed by atoms with E-state index in [0.29, 0.717) is 0 Å². The van der Waals surface area contributed by atoms with E-state index < -0.39 is 0 Å². The summed E-state index contributed by atoms with van der Waals surface area (Å²) in [5.74, 6) is 0. The molecular weight excluding hydrogens is 124 g/mol. The smallest absolute Gasteiger partial charge is 0.103 e. The Hall–Kier alpha value is -1.18. The molecule has 0 aliphatic heterocycles. The van der Waals surface area contributed by atoms with Gasteiger partial charge in [0.2, 0.25) is 0 Å². The van der Waals surface area contributed by atoms with Crippen molar-refractivity contribution in [3.63, 3.8) is 0 Å². The van der Waals surface area contributed by atoms with Crippen molar-refractivity contribution in [2.45, 2.75) is 13.0 Å². The highest BCUT2D eigenvalue weighted by Crippen LogP contribution is 1.78. The lowest BCUT2D eigenvalue weighted by molar-refractivity contribution is -0.753. The second-order valence-corrected chi connectivity index (χ2v) is 2.04. The van der Waals surface area contributed by atoms with Gasteiger partial charge in [-0.25, -0.2) is 0 Å². The van der Waals surface area contributed by atoms with Crippen LogP contribution < -0.4 is 4.68 Å². The molecule has 0 atom stereocenters. The Morgan fingerprint density at radius 2 is 2.40 bits per heavy atom. The minimum absolute atomic E-state index is 0.921. The average molecular weight is 135 g/mol. The molecule has 1 aromatic rings. The molecule has 0 spiro atoms. The maximum Gasteiger partial charge on any atom is 0.196 e. The molecule has 2 nitrogen and oxygen atoms in total. The standard InChI is InChI=1S/C8H11N2/c1-2-3-7-10-8-5-4-6-9-10/h2,4-6,8H,1,3,7H2/q+1. The van der Waals surface area contributed by atoms with Gasteiger partial charge in [-0.3, -0.25) is 0 Å². The van der Waals surface area contributed by atoms with Crippen molar-refractivity contribution in [2.75, 3.05) is 0 Å². The number of nitrogens with zero attached hydrogens (tertiary/aromatic N) is 2. The monoisotopic (exact) mass is 135 g/mol. The first-order chi connectivity index (χ1) is 4.93. The number of rotatable bonds is 3. The predicted molar refractivity (Wildman–Crippen MR) is 39.2 cm³/mol. The van der Waals surface area contributed by atoms with Crippen molar-refractivity contribution in [3.05, 3.63) is 37.2 Å². The van der Waals surface area contributed by atoms with Crippen LogP contribution in [0.3, 0.4) is 0 Å². The van der Waals surface area contributed by atoms with Crippen LogP contribution in [0.5, 0.6) is 0 Å². The predicted octanol–water partition coefficient (Wildman–Crippen LogP) is 0.945. The third kappa shape index (κ3) is 1.97. The van der Waals surface area contributed by atoms with E-state index in [-0.39, 0.29) is 0 Å². The molecule has 0 radical (unpaired) electrons. The Balaban J connectivity index is 2.50. The second kappa shape index (κ2) is 3.77. The molecular formula is C8H11N2+. The highest BCUT2D eigenvalue weighted by molar-refractivity contribution is 4.76. The third-order valence-electron chi connectivity index (χ3n) is 1.23. The Bertz CT molecular complexity index is 194. The van der Waals surface area contributed by atoms with E-state index in [1.807, 2.05) is 29.1 Å². The number of aryl methyl sites for hydroxylation is 1. The molecule has 0 fully saturated rings. The highest BCUT2D eigenvalue weighted by atomic mass is 15.2. The fourth-order valence-corrected chi connectivity index (χ4v) is 0.717. The topological polar surface area (TPSA) is 16.8 Å². The molecule has 0 saturated heterocycles. The van der Waals surface area contributed by atoms with Crippen molar-refractivity contribution in [1.82, 2.24) is 5.10 Å². The summed E-state index contributed by atoms with van der Waals surface area (Å²) >= 11 is 0. The van der Waals surface area contributed by atoms with E-state index in [2.05, 4.69) is 11.7 Å². The molecule has 0 saturated carbocycles. The molecule has 0 N–H and O–H groups in total. The normalized spacial score (nSPS) is 9.20. The van der Waals surface area contributed by atoms with Crippen LogP contribution in [0, 0.1) is 0 Å². The minimum atomic E-state index is 0.921. The van der Waals surface area contributed by atoms with Gasteiger partial charge < -0.3 is 0 Å². The molecule has 0 amide bonds. The fourth-order valence-electron chi connectivity index (χ4n) is 0.717. The summed E-state index contributed by atoms with van der Waals surface area (Å²) in [4.78, 5) is 0. The Morgan fingerprint density at radius 1 is 1.50 bits per heavy atom. The summed E-state index contributed by atoms with van der Waals surface area (Å²) in [6.07, 6.45) is 6.59. The fraction of sp³-hybridized carbons (Fsp3) is 0.250. The zero-order chi connectivity index (χ0) is 7.23. The van der Waals surface area contributed by atoms with Gasteiger partial charge in [-0.15, -0.1) is 6.58 Å². The van der Waals surface area contributed by atoms with E-state index in [0.717, 1.165) is 13.0 Å². The number of hydrogen-bond donors (Lipinski definition) is 0. The molecule has 2 heteroatoms. The molecule has 1 heterocycles. The summed E-state index contributed by atoms with van der Waals surface area (Å²) < 4.78 is 1.89. The summed E-state index contributed by atoms with van der Waals surface area (Å²) in [6.45, 7) is 4.56. The minimum Gasteiger partial charge on any atom is -0.103 e. The zero-order valence-corrected chi connectivity index (χ0v) is 5.90. The summed E-state index contributed by atoms with van der Waals surface area (Å²) in [5.41, 5.74) is 0. The van der Waals surface area contributed by atoms with Gasteiger partial charge in [0, 0.05) is 12.5 Å². The van der Waals surface area contributed by atoms with Crippen LogP contribution >= 0.6 is 0 Å². The first-order valence-corrected chi connectivity index (χ1v) is 3.35. The maximum absolute atomic E-state index is 4.09. The third-order valence-corrected chi connectivity index (χ3v) is 1.23. The molecule has 0 aliphatic carbocycles. The lowest BCUT2D eigenvalue weighted by atomic mass is 10.4. The van der Waals surface area contributed by atoms with Gasteiger partial charge in [0.15, 0.2) is 12.7 Å². The van der Waals surface area contributed by atoms with Crippen LogP contribution in [0.25, 0.3) is 0 Å². The van der Waals surface area contributed by atoms with Crippen LogP contribution in [-0.2, 0) is 6.54 Å². The largest absolute Gasteiger partial charge is 0.196 e. The molecule has 52 valence electrons. The Kier molecular flexibility index (Phi) is 2.62. The van der Waals surface area contributed by atoms with Gasteiger partial charge in [0.25, 0.3) is 0 Å². The van der Waals surface area contributed by atoms with Crippen LogP contribution in [0.15, 0.2) is 37.2 Å². The number of allylic oxidation sites excluding steroid dienone is 1. The van der Waals surface area contributed by atoms with E-state index in [1.54, 1.807) is 6.20 Å². The van der Waals surface area contributed by atoms with Gasteiger partial charge in [0.05, 0.1) is 6.20 Å². The molecule has 1 rings (SSSR count). The van der Waals surface area contributed by atoms with Crippen molar-refractivity contribution in [3.8, 4) is 0 Å². The molecule has 0 bridgehead atoms. The summed E-state index contributed by atoms with van der Waals surface area (Å²) in [6, 6.07) is 3.88. The first kappa shape index (κ1) is 6.93. The SMILES string of the molecule is C=CCC[n+]1ccccn1. The second-order valence-electron chi connectivity index (χ2n) is 2.04. The van der Waals surface area contributed by atoms with Gasteiger partial charge >= 0.3 is 0 Å². The first-order valence-electron chi connectivity index (χ1n) is 3.35. The van der Waals surface area contributed by atoms with Crippen molar-refractivity contribution in [1.29, 1.82) is 0 Å². The van der Waals surface area contributed by atoms with E-state index in [1.165, 1.54) is 0 Å². The van der Waals surface area contributed by atoms with Crippen molar-refractivity contribution >= 4 is 0 Å². The van der Waals surface area contributed by atoms with Gasteiger partial charge in [-0.05, 0) is 11.2 Å². The van der Waals surface area contributed by atoms with E-state index in [4.69, 9.17) is 0 Å².